The molecule has 1 aromatic rings. The minimum Gasteiger partial charge on any atom is -0.376 e. The summed E-state index contributed by atoms with van der Waals surface area (Å²) in [4.78, 5) is 0. The van der Waals surface area contributed by atoms with Crippen molar-refractivity contribution >= 4 is 0 Å². The Hall–Kier alpha value is -1.12. The zero-order valence-electron chi connectivity index (χ0n) is 11.0. The van der Waals surface area contributed by atoms with Crippen molar-refractivity contribution in [3.8, 4) is 0 Å². The SMILES string of the molecule is C=C(C)CCOCc1ccc(CNCC)cc1. The van der Waals surface area contributed by atoms with Crippen molar-refractivity contribution in [3.05, 3.63) is 47.5 Å². The third-order valence-electron chi connectivity index (χ3n) is 2.54. The van der Waals surface area contributed by atoms with Gasteiger partial charge in [0.1, 0.15) is 0 Å². The highest BCUT2D eigenvalue weighted by molar-refractivity contribution is 5.21. The van der Waals surface area contributed by atoms with E-state index in [0.29, 0.717) is 6.61 Å². The summed E-state index contributed by atoms with van der Waals surface area (Å²) >= 11 is 0. The summed E-state index contributed by atoms with van der Waals surface area (Å²) in [5.41, 5.74) is 3.72. The maximum Gasteiger partial charge on any atom is 0.0717 e. The second-order valence-electron chi connectivity index (χ2n) is 4.36. The Morgan fingerprint density at radius 1 is 1.24 bits per heavy atom. The molecule has 0 aliphatic rings. The van der Waals surface area contributed by atoms with Crippen LogP contribution < -0.4 is 5.32 Å². The van der Waals surface area contributed by atoms with E-state index >= 15 is 0 Å². The summed E-state index contributed by atoms with van der Waals surface area (Å²) in [5.74, 6) is 0. The summed E-state index contributed by atoms with van der Waals surface area (Å²) in [6, 6.07) is 8.57. The molecule has 0 fully saturated rings. The Balaban J connectivity index is 2.27. The molecule has 17 heavy (non-hydrogen) atoms. The van der Waals surface area contributed by atoms with E-state index in [1.54, 1.807) is 0 Å². The Labute approximate surface area is 105 Å². The topological polar surface area (TPSA) is 21.3 Å². The van der Waals surface area contributed by atoms with Gasteiger partial charge in [-0.05, 0) is 31.0 Å². The molecule has 2 heteroatoms. The van der Waals surface area contributed by atoms with Gasteiger partial charge in [-0.15, -0.1) is 6.58 Å². The molecule has 0 bridgehead atoms. The lowest BCUT2D eigenvalue weighted by Crippen LogP contribution is -2.11. The van der Waals surface area contributed by atoms with Crippen LogP contribution in [0, 0.1) is 0 Å². The van der Waals surface area contributed by atoms with Gasteiger partial charge in [0.2, 0.25) is 0 Å². The van der Waals surface area contributed by atoms with Gasteiger partial charge >= 0.3 is 0 Å². The Morgan fingerprint density at radius 2 is 1.88 bits per heavy atom. The van der Waals surface area contributed by atoms with E-state index in [4.69, 9.17) is 4.74 Å². The van der Waals surface area contributed by atoms with Crippen molar-refractivity contribution in [2.75, 3.05) is 13.2 Å². The van der Waals surface area contributed by atoms with E-state index < -0.39 is 0 Å². The standard InChI is InChI=1S/C15H23NO/c1-4-16-11-14-5-7-15(8-6-14)12-17-10-9-13(2)3/h5-8,16H,2,4,9-12H2,1,3H3. The first-order valence-electron chi connectivity index (χ1n) is 6.23. The fourth-order valence-electron chi connectivity index (χ4n) is 1.46. The molecule has 0 saturated heterocycles. The van der Waals surface area contributed by atoms with Crippen molar-refractivity contribution in [2.24, 2.45) is 0 Å². The van der Waals surface area contributed by atoms with Crippen LogP contribution in [-0.4, -0.2) is 13.2 Å². The van der Waals surface area contributed by atoms with Crippen molar-refractivity contribution in [1.29, 1.82) is 0 Å². The van der Waals surface area contributed by atoms with Gasteiger partial charge in [0, 0.05) is 6.54 Å². The van der Waals surface area contributed by atoms with Gasteiger partial charge in [-0.3, -0.25) is 0 Å². The molecule has 0 radical (unpaired) electrons. The molecule has 0 atom stereocenters. The number of nitrogens with one attached hydrogen (secondary N) is 1. The number of benzene rings is 1. The summed E-state index contributed by atoms with van der Waals surface area (Å²) in [5, 5.41) is 3.31. The summed E-state index contributed by atoms with van der Waals surface area (Å²) in [7, 11) is 0. The van der Waals surface area contributed by atoms with E-state index in [9.17, 15) is 0 Å². The second-order valence-corrected chi connectivity index (χ2v) is 4.36. The maximum absolute atomic E-state index is 5.58. The van der Waals surface area contributed by atoms with Crippen LogP contribution in [0.3, 0.4) is 0 Å². The van der Waals surface area contributed by atoms with Gasteiger partial charge in [-0.2, -0.15) is 0 Å². The van der Waals surface area contributed by atoms with E-state index in [1.165, 1.54) is 16.7 Å². The number of ether oxygens (including phenoxy) is 1. The molecule has 0 heterocycles. The molecule has 0 spiro atoms. The first-order chi connectivity index (χ1) is 8.22. The van der Waals surface area contributed by atoms with Crippen LogP contribution in [0.5, 0.6) is 0 Å². The first kappa shape index (κ1) is 13.9. The summed E-state index contributed by atoms with van der Waals surface area (Å²) < 4.78 is 5.58. The number of rotatable bonds is 8. The van der Waals surface area contributed by atoms with Crippen LogP contribution in [0.25, 0.3) is 0 Å². The minimum absolute atomic E-state index is 0.689. The molecule has 0 unspecified atom stereocenters. The minimum atomic E-state index is 0.689. The van der Waals surface area contributed by atoms with E-state index in [0.717, 1.165) is 26.1 Å². The van der Waals surface area contributed by atoms with Gasteiger partial charge in [-0.1, -0.05) is 36.8 Å². The predicted octanol–water partition coefficient (Wildman–Crippen LogP) is 3.28. The van der Waals surface area contributed by atoms with E-state index in [1.807, 2.05) is 6.92 Å². The molecule has 1 rings (SSSR count). The lowest BCUT2D eigenvalue weighted by Gasteiger charge is -2.06. The molecule has 0 aliphatic heterocycles. The Bertz CT molecular complexity index is 329. The maximum atomic E-state index is 5.58. The monoisotopic (exact) mass is 233 g/mol. The predicted molar refractivity (Wildman–Crippen MR) is 72.9 cm³/mol. The lowest BCUT2D eigenvalue weighted by atomic mass is 10.1. The normalized spacial score (nSPS) is 10.5. The molecule has 0 amide bonds. The highest BCUT2D eigenvalue weighted by Gasteiger charge is 1.95. The van der Waals surface area contributed by atoms with Crippen LogP contribution in [-0.2, 0) is 17.9 Å². The van der Waals surface area contributed by atoms with Crippen LogP contribution in [0.15, 0.2) is 36.4 Å². The Morgan fingerprint density at radius 3 is 2.47 bits per heavy atom. The van der Waals surface area contributed by atoms with Crippen molar-refractivity contribution < 1.29 is 4.74 Å². The first-order valence-corrected chi connectivity index (χ1v) is 6.23. The smallest absolute Gasteiger partial charge is 0.0717 e. The second kappa shape index (κ2) is 8.04. The third kappa shape index (κ3) is 6.25. The zero-order chi connectivity index (χ0) is 12.5. The number of hydrogen-bond acceptors (Lipinski definition) is 2. The van der Waals surface area contributed by atoms with Crippen LogP contribution in [0.1, 0.15) is 31.4 Å². The molecule has 0 aromatic heterocycles. The Kier molecular flexibility index (Phi) is 6.60. The highest BCUT2D eigenvalue weighted by Crippen LogP contribution is 2.06. The van der Waals surface area contributed by atoms with Crippen molar-refractivity contribution in [2.45, 2.75) is 33.4 Å². The van der Waals surface area contributed by atoms with Crippen molar-refractivity contribution in [1.82, 2.24) is 5.32 Å². The zero-order valence-corrected chi connectivity index (χ0v) is 11.0. The van der Waals surface area contributed by atoms with E-state index in [-0.39, 0.29) is 0 Å². The lowest BCUT2D eigenvalue weighted by molar-refractivity contribution is 0.124. The third-order valence-corrected chi connectivity index (χ3v) is 2.54. The molecule has 2 nitrogen and oxygen atoms in total. The molecule has 1 N–H and O–H groups in total. The highest BCUT2D eigenvalue weighted by atomic mass is 16.5. The van der Waals surface area contributed by atoms with Gasteiger partial charge in [0.25, 0.3) is 0 Å². The molecule has 1 aromatic carbocycles. The number of hydrogen-bond donors (Lipinski definition) is 1. The summed E-state index contributed by atoms with van der Waals surface area (Å²) in [6.45, 7) is 11.4. The fourth-order valence-corrected chi connectivity index (χ4v) is 1.46. The average molecular weight is 233 g/mol. The molecule has 0 saturated carbocycles. The van der Waals surface area contributed by atoms with Gasteiger partial charge in [0.15, 0.2) is 0 Å². The molecule has 94 valence electrons. The van der Waals surface area contributed by atoms with Crippen LogP contribution >= 0.6 is 0 Å². The van der Waals surface area contributed by atoms with Crippen molar-refractivity contribution in [3.63, 3.8) is 0 Å². The fraction of sp³-hybridized carbons (Fsp3) is 0.467. The van der Waals surface area contributed by atoms with Crippen LogP contribution in [0.2, 0.25) is 0 Å². The average Bonchev–Trinajstić information content (AvgIpc) is 2.33. The molecule has 0 aliphatic carbocycles. The summed E-state index contributed by atoms with van der Waals surface area (Å²) in [6.07, 6.45) is 0.943. The van der Waals surface area contributed by atoms with Gasteiger partial charge in [0.05, 0.1) is 13.2 Å². The van der Waals surface area contributed by atoms with E-state index in [2.05, 4.69) is 43.1 Å². The van der Waals surface area contributed by atoms with Crippen LogP contribution in [0.4, 0.5) is 0 Å². The molecular formula is C15H23NO. The largest absolute Gasteiger partial charge is 0.376 e. The quantitative estimate of drug-likeness (QED) is 0.549. The van der Waals surface area contributed by atoms with Gasteiger partial charge in [-0.25, -0.2) is 0 Å². The molecular weight excluding hydrogens is 210 g/mol. The van der Waals surface area contributed by atoms with Gasteiger partial charge < -0.3 is 10.1 Å².